The summed E-state index contributed by atoms with van der Waals surface area (Å²) < 4.78 is 0. The standard InChI is InChI=1S/C11H7NO4.CH4O/c13-11(14)8-5-7-3-1-2-4-9(7)10(6-8)12(15)16;1-2/h1-6H,(H,13,14);2H,1H3. The molecule has 0 fully saturated rings. The molecule has 0 spiro atoms. The molecule has 0 aliphatic carbocycles. The van der Waals surface area contributed by atoms with Crippen molar-refractivity contribution in [2.45, 2.75) is 0 Å². The van der Waals surface area contributed by atoms with Crippen molar-refractivity contribution in [3.05, 3.63) is 52.1 Å². The molecule has 0 unspecified atom stereocenters. The average molecular weight is 249 g/mol. The monoisotopic (exact) mass is 249 g/mol. The molecule has 18 heavy (non-hydrogen) atoms. The Morgan fingerprint density at radius 2 is 1.83 bits per heavy atom. The number of aliphatic hydroxyl groups excluding tert-OH is 1. The number of non-ortho nitro benzene ring substituents is 1. The molecule has 0 amide bonds. The predicted octanol–water partition coefficient (Wildman–Crippen LogP) is 2.05. The van der Waals surface area contributed by atoms with Crippen molar-refractivity contribution in [3.8, 4) is 0 Å². The van der Waals surface area contributed by atoms with Crippen LogP contribution in [0.2, 0.25) is 0 Å². The van der Waals surface area contributed by atoms with E-state index in [1.54, 1.807) is 24.3 Å². The van der Waals surface area contributed by atoms with Crippen LogP contribution in [0.5, 0.6) is 0 Å². The molecule has 2 rings (SSSR count). The van der Waals surface area contributed by atoms with Crippen molar-refractivity contribution in [2.24, 2.45) is 0 Å². The number of carboxylic acid groups (broad SMARTS) is 1. The molecule has 2 N–H and O–H groups in total. The Morgan fingerprint density at radius 3 is 2.39 bits per heavy atom. The van der Waals surface area contributed by atoms with Crippen LogP contribution < -0.4 is 0 Å². The van der Waals surface area contributed by atoms with E-state index in [1.807, 2.05) is 0 Å². The molecule has 2 aromatic carbocycles. The Morgan fingerprint density at radius 1 is 1.22 bits per heavy atom. The summed E-state index contributed by atoms with van der Waals surface area (Å²) in [5, 5.41) is 27.6. The zero-order chi connectivity index (χ0) is 13.7. The van der Waals surface area contributed by atoms with E-state index in [1.165, 1.54) is 6.07 Å². The van der Waals surface area contributed by atoms with Crippen molar-refractivity contribution in [3.63, 3.8) is 0 Å². The number of carboxylic acids is 1. The minimum atomic E-state index is -1.17. The molecule has 0 bridgehead atoms. The van der Waals surface area contributed by atoms with Gasteiger partial charge in [0.1, 0.15) is 0 Å². The number of aromatic carboxylic acids is 1. The minimum absolute atomic E-state index is 0.0783. The molecular formula is C12H11NO5. The zero-order valence-electron chi connectivity index (χ0n) is 9.53. The molecule has 0 radical (unpaired) electrons. The quantitative estimate of drug-likeness (QED) is 0.626. The van der Waals surface area contributed by atoms with Gasteiger partial charge in [-0.05, 0) is 17.5 Å². The molecule has 0 heterocycles. The normalized spacial score (nSPS) is 9.44. The highest BCUT2D eigenvalue weighted by atomic mass is 16.6. The number of nitro groups is 1. The van der Waals surface area contributed by atoms with Crippen molar-refractivity contribution < 1.29 is 19.9 Å². The lowest BCUT2D eigenvalue weighted by Crippen LogP contribution is -1.98. The van der Waals surface area contributed by atoms with Crippen molar-refractivity contribution in [1.82, 2.24) is 0 Å². The van der Waals surface area contributed by atoms with Gasteiger partial charge in [0.15, 0.2) is 0 Å². The van der Waals surface area contributed by atoms with Gasteiger partial charge in [-0.1, -0.05) is 18.2 Å². The third-order valence-corrected chi connectivity index (χ3v) is 2.28. The Bertz CT molecular complexity index is 594. The van der Waals surface area contributed by atoms with Gasteiger partial charge in [0.2, 0.25) is 0 Å². The van der Waals surface area contributed by atoms with E-state index >= 15 is 0 Å². The summed E-state index contributed by atoms with van der Waals surface area (Å²) in [7, 11) is 1.00. The molecular weight excluding hydrogens is 238 g/mol. The van der Waals surface area contributed by atoms with Crippen molar-refractivity contribution in [1.29, 1.82) is 0 Å². The van der Waals surface area contributed by atoms with Crippen LogP contribution in [0.3, 0.4) is 0 Å². The van der Waals surface area contributed by atoms with Crippen LogP contribution in [0.15, 0.2) is 36.4 Å². The van der Waals surface area contributed by atoms with Crippen LogP contribution in [0.25, 0.3) is 10.8 Å². The van der Waals surface area contributed by atoms with Crippen molar-refractivity contribution in [2.75, 3.05) is 7.11 Å². The maximum Gasteiger partial charge on any atom is 0.335 e. The van der Waals surface area contributed by atoms with Crippen LogP contribution >= 0.6 is 0 Å². The second-order valence-electron chi connectivity index (χ2n) is 3.28. The lowest BCUT2D eigenvalue weighted by Gasteiger charge is -2.01. The smallest absolute Gasteiger partial charge is 0.335 e. The Hall–Kier alpha value is -2.47. The second kappa shape index (κ2) is 5.74. The van der Waals surface area contributed by atoms with Crippen LogP contribution in [0.4, 0.5) is 5.69 Å². The third kappa shape index (κ3) is 2.61. The largest absolute Gasteiger partial charge is 0.478 e. The van der Waals surface area contributed by atoms with Gasteiger partial charge in [0.05, 0.1) is 15.9 Å². The van der Waals surface area contributed by atoms with Crippen LogP contribution in [0.1, 0.15) is 10.4 Å². The van der Waals surface area contributed by atoms with Crippen LogP contribution in [-0.2, 0) is 0 Å². The third-order valence-electron chi connectivity index (χ3n) is 2.28. The first-order chi connectivity index (χ1) is 8.59. The van der Waals surface area contributed by atoms with Gasteiger partial charge in [-0.2, -0.15) is 0 Å². The fourth-order valence-corrected chi connectivity index (χ4v) is 1.56. The summed E-state index contributed by atoms with van der Waals surface area (Å²) in [6, 6.07) is 9.12. The van der Waals surface area contributed by atoms with E-state index in [4.69, 9.17) is 10.2 Å². The van der Waals surface area contributed by atoms with Crippen LogP contribution in [0, 0.1) is 10.1 Å². The van der Waals surface area contributed by atoms with Gasteiger partial charge in [-0.15, -0.1) is 0 Å². The number of aliphatic hydroxyl groups is 1. The molecule has 6 nitrogen and oxygen atoms in total. The number of benzene rings is 2. The Labute approximate surface area is 102 Å². The molecule has 0 aliphatic rings. The zero-order valence-corrected chi connectivity index (χ0v) is 9.53. The van der Waals surface area contributed by atoms with E-state index < -0.39 is 10.9 Å². The molecule has 0 saturated carbocycles. The topological polar surface area (TPSA) is 101 Å². The highest BCUT2D eigenvalue weighted by molar-refractivity contribution is 5.99. The first-order valence-electron chi connectivity index (χ1n) is 4.95. The van der Waals surface area contributed by atoms with Gasteiger partial charge < -0.3 is 10.2 Å². The Balaban J connectivity index is 0.000000771. The first kappa shape index (κ1) is 13.6. The number of carbonyl (C=O) groups is 1. The summed E-state index contributed by atoms with van der Waals surface area (Å²) in [4.78, 5) is 21.0. The highest BCUT2D eigenvalue weighted by Gasteiger charge is 2.15. The molecule has 6 heteroatoms. The maximum atomic E-state index is 10.8. The average Bonchev–Trinajstić information content (AvgIpc) is 2.39. The summed E-state index contributed by atoms with van der Waals surface area (Å²) in [5.74, 6) is -1.17. The van der Waals surface area contributed by atoms with Crippen molar-refractivity contribution >= 4 is 22.4 Å². The first-order valence-corrected chi connectivity index (χ1v) is 4.95. The summed E-state index contributed by atoms with van der Waals surface area (Å²) in [6.07, 6.45) is 0. The summed E-state index contributed by atoms with van der Waals surface area (Å²) >= 11 is 0. The lowest BCUT2D eigenvalue weighted by molar-refractivity contribution is -0.383. The van der Waals surface area contributed by atoms with E-state index in [0.717, 1.165) is 13.2 Å². The molecule has 94 valence electrons. The predicted molar refractivity (Wildman–Crippen MR) is 65.7 cm³/mol. The number of nitrogens with zero attached hydrogens (tertiary/aromatic N) is 1. The number of fused-ring (bicyclic) bond motifs is 1. The van der Waals surface area contributed by atoms with Gasteiger partial charge in [-0.3, -0.25) is 10.1 Å². The highest BCUT2D eigenvalue weighted by Crippen LogP contribution is 2.27. The number of hydrogen-bond acceptors (Lipinski definition) is 4. The molecule has 0 aromatic heterocycles. The van der Waals surface area contributed by atoms with Gasteiger partial charge in [0.25, 0.3) is 5.69 Å². The number of rotatable bonds is 2. The maximum absolute atomic E-state index is 10.8. The summed E-state index contributed by atoms with van der Waals surface area (Å²) in [5.41, 5.74) is -0.263. The second-order valence-corrected chi connectivity index (χ2v) is 3.28. The van der Waals surface area contributed by atoms with Gasteiger partial charge in [-0.25, -0.2) is 4.79 Å². The van der Waals surface area contributed by atoms with E-state index in [-0.39, 0.29) is 11.3 Å². The molecule has 0 aliphatic heterocycles. The molecule has 0 atom stereocenters. The fraction of sp³-hybridized carbons (Fsp3) is 0.0833. The minimum Gasteiger partial charge on any atom is -0.478 e. The summed E-state index contributed by atoms with van der Waals surface area (Å²) in [6.45, 7) is 0. The van der Waals surface area contributed by atoms with Gasteiger partial charge in [0, 0.05) is 13.2 Å². The fourth-order valence-electron chi connectivity index (χ4n) is 1.56. The van der Waals surface area contributed by atoms with E-state index in [2.05, 4.69) is 0 Å². The Kier molecular flexibility index (Phi) is 4.33. The van der Waals surface area contributed by atoms with E-state index in [9.17, 15) is 14.9 Å². The van der Waals surface area contributed by atoms with Crippen LogP contribution in [-0.4, -0.2) is 28.2 Å². The van der Waals surface area contributed by atoms with E-state index in [0.29, 0.717) is 10.8 Å². The number of nitro benzene ring substituents is 1. The lowest BCUT2D eigenvalue weighted by atomic mass is 10.1. The van der Waals surface area contributed by atoms with Gasteiger partial charge >= 0.3 is 5.97 Å². The molecule has 2 aromatic rings. The SMILES string of the molecule is CO.O=C(O)c1cc([N+](=O)[O-])c2ccccc2c1. The molecule has 0 saturated heterocycles. The number of hydrogen-bond donors (Lipinski definition) is 2.